The van der Waals surface area contributed by atoms with Crippen LogP contribution in [0.1, 0.15) is 71.5 Å². The Labute approximate surface area is 163 Å². The van der Waals surface area contributed by atoms with Crippen LogP contribution in [0.4, 0.5) is 4.79 Å². The minimum atomic E-state index is -0.448. The maximum Gasteiger partial charge on any atom is 0.410 e. The van der Waals surface area contributed by atoms with Crippen molar-refractivity contribution in [2.75, 3.05) is 19.6 Å². The van der Waals surface area contributed by atoms with Crippen LogP contribution >= 0.6 is 0 Å². The summed E-state index contributed by atoms with van der Waals surface area (Å²) in [6.07, 6.45) is 4.85. The second-order valence-corrected chi connectivity index (χ2v) is 9.87. The third kappa shape index (κ3) is 4.98. The number of amides is 1. The topological polar surface area (TPSA) is 58.6 Å². The number of ether oxygens (including phenoxy) is 1. The number of carbonyl (C=O) groups is 1. The highest BCUT2D eigenvalue weighted by Crippen LogP contribution is 2.25. The van der Waals surface area contributed by atoms with Crippen molar-refractivity contribution in [3.63, 3.8) is 0 Å². The normalized spacial score (nSPS) is 21.3. The van der Waals surface area contributed by atoms with Gasteiger partial charge in [0.1, 0.15) is 11.4 Å². The molecule has 3 heterocycles. The van der Waals surface area contributed by atoms with Crippen LogP contribution in [-0.2, 0) is 23.1 Å². The van der Waals surface area contributed by atoms with Crippen molar-refractivity contribution in [3.8, 4) is 0 Å². The summed E-state index contributed by atoms with van der Waals surface area (Å²) in [5.41, 5.74) is 1.93. The van der Waals surface area contributed by atoms with Gasteiger partial charge in [-0.25, -0.2) is 14.8 Å². The second kappa shape index (κ2) is 7.38. The summed E-state index contributed by atoms with van der Waals surface area (Å²) >= 11 is 0. The Morgan fingerprint density at radius 3 is 2.63 bits per heavy atom. The first-order valence-electron chi connectivity index (χ1n) is 10.1. The zero-order valence-electron chi connectivity index (χ0n) is 17.7. The quantitative estimate of drug-likeness (QED) is 0.792. The van der Waals surface area contributed by atoms with Crippen LogP contribution in [0.15, 0.2) is 6.20 Å². The first kappa shape index (κ1) is 20.1. The van der Waals surface area contributed by atoms with E-state index in [9.17, 15) is 4.79 Å². The molecule has 1 saturated heterocycles. The number of rotatable bonds is 2. The van der Waals surface area contributed by atoms with Gasteiger partial charge in [0, 0.05) is 61.5 Å². The monoisotopic (exact) mass is 374 g/mol. The van der Waals surface area contributed by atoms with Crippen LogP contribution in [0.3, 0.4) is 0 Å². The lowest BCUT2D eigenvalue weighted by molar-refractivity contribution is 0.0192. The molecule has 1 atom stereocenters. The van der Waals surface area contributed by atoms with Gasteiger partial charge in [-0.15, -0.1) is 0 Å². The van der Waals surface area contributed by atoms with Gasteiger partial charge in [0.2, 0.25) is 0 Å². The number of aromatic nitrogens is 2. The largest absolute Gasteiger partial charge is 0.444 e. The zero-order chi connectivity index (χ0) is 19.8. The van der Waals surface area contributed by atoms with E-state index in [1.807, 2.05) is 31.9 Å². The van der Waals surface area contributed by atoms with Gasteiger partial charge >= 0.3 is 6.09 Å². The first-order valence-corrected chi connectivity index (χ1v) is 10.1. The lowest BCUT2D eigenvalue weighted by atomic mass is 9.95. The molecule has 0 aliphatic carbocycles. The first-order chi connectivity index (χ1) is 12.5. The van der Waals surface area contributed by atoms with Crippen LogP contribution < -0.4 is 0 Å². The predicted octanol–water partition coefficient (Wildman–Crippen LogP) is 3.53. The zero-order valence-corrected chi connectivity index (χ0v) is 17.7. The molecule has 0 N–H and O–H groups in total. The fraction of sp³-hybridized carbons (Fsp3) is 0.762. The molecule has 27 heavy (non-hydrogen) atoms. The van der Waals surface area contributed by atoms with E-state index in [-0.39, 0.29) is 17.6 Å². The van der Waals surface area contributed by atoms with Crippen LogP contribution in [0.2, 0.25) is 0 Å². The molecule has 2 aliphatic heterocycles. The molecule has 0 radical (unpaired) electrons. The van der Waals surface area contributed by atoms with Crippen molar-refractivity contribution in [1.82, 2.24) is 19.8 Å². The maximum absolute atomic E-state index is 12.5. The third-order valence-corrected chi connectivity index (χ3v) is 5.16. The van der Waals surface area contributed by atoms with Gasteiger partial charge < -0.3 is 9.64 Å². The van der Waals surface area contributed by atoms with Crippen molar-refractivity contribution in [3.05, 3.63) is 23.3 Å². The number of fused-ring (bicyclic) bond motifs is 1. The lowest BCUT2D eigenvalue weighted by Crippen LogP contribution is -2.46. The van der Waals surface area contributed by atoms with Crippen molar-refractivity contribution < 1.29 is 9.53 Å². The van der Waals surface area contributed by atoms with Crippen molar-refractivity contribution in [2.24, 2.45) is 0 Å². The summed E-state index contributed by atoms with van der Waals surface area (Å²) in [6, 6.07) is 0.233. The van der Waals surface area contributed by atoms with Crippen LogP contribution in [0.5, 0.6) is 0 Å². The van der Waals surface area contributed by atoms with E-state index in [0.29, 0.717) is 0 Å². The highest BCUT2D eigenvalue weighted by Gasteiger charge is 2.34. The molecule has 0 spiro atoms. The van der Waals surface area contributed by atoms with E-state index in [2.05, 4.69) is 30.7 Å². The SMILES string of the molecule is CC(C)(C)OC(=O)N1CCCC1CN1CCc2nc(C(C)(C)C)ncc2C1. The Bertz CT molecular complexity index is 690. The minimum absolute atomic E-state index is 0.0239. The maximum atomic E-state index is 12.5. The van der Waals surface area contributed by atoms with Crippen molar-refractivity contribution in [1.29, 1.82) is 0 Å². The van der Waals surface area contributed by atoms with E-state index < -0.39 is 5.60 Å². The van der Waals surface area contributed by atoms with Gasteiger partial charge in [0.25, 0.3) is 0 Å². The standard InChI is InChI=1S/C21H34N4O2/c1-20(2,3)18-22-12-15-13-24(11-9-17(15)23-18)14-16-8-7-10-25(16)19(26)27-21(4,5)6/h12,16H,7-11,13-14H2,1-6H3. The molecule has 3 rings (SSSR count). The number of carbonyl (C=O) groups excluding carboxylic acids is 1. The number of likely N-dealkylation sites (tertiary alicyclic amines) is 1. The second-order valence-electron chi connectivity index (χ2n) is 9.87. The molecular weight excluding hydrogens is 340 g/mol. The Kier molecular flexibility index (Phi) is 5.48. The summed E-state index contributed by atoms with van der Waals surface area (Å²) in [6.45, 7) is 15.7. The van der Waals surface area contributed by atoms with Crippen molar-refractivity contribution >= 4 is 6.09 Å². The Balaban J connectivity index is 1.63. The highest BCUT2D eigenvalue weighted by atomic mass is 16.6. The van der Waals surface area contributed by atoms with Gasteiger partial charge in [-0.1, -0.05) is 20.8 Å². The van der Waals surface area contributed by atoms with E-state index in [1.54, 1.807) is 0 Å². The van der Waals surface area contributed by atoms with E-state index >= 15 is 0 Å². The van der Waals surface area contributed by atoms with Crippen LogP contribution in [-0.4, -0.2) is 57.1 Å². The Morgan fingerprint density at radius 2 is 1.96 bits per heavy atom. The molecule has 1 aromatic heterocycles. The number of nitrogens with zero attached hydrogens (tertiary/aromatic N) is 4. The molecular formula is C21H34N4O2. The number of hydrogen-bond acceptors (Lipinski definition) is 5. The molecule has 1 aromatic rings. The van der Waals surface area contributed by atoms with Crippen LogP contribution in [0, 0.1) is 0 Å². The van der Waals surface area contributed by atoms with Gasteiger partial charge in [-0.05, 0) is 33.6 Å². The van der Waals surface area contributed by atoms with E-state index in [1.165, 1.54) is 11.3 Å². The Hall–Kier alpha value is -1.69. The van der Waals surface area contributed by atoms with E-state index in [0.717, 1.165) is 51.3 Å². The van der Waals surface area contributed by atoms with Gasteiger partial charge in [0.05, 0.1) is 0 Å². The average molecular weight is 375 g/mol. The average Bonchev–Trinajstić information content (AvgIpc) is 3.00. The molecule has 0 saturated carbocycles. The van der Waals surface area contributed by atoms with Crippen LogP contribution in [0.25, 0.3) is 0 Å². The predicted molar refractivity (Wildman–Crippen MR) is 106 cm³/mol. The molecule has 1 unspecified atom stereocenters. The van der Waals surface area contributed by atoms with Gasteiger partial charge in [-0.2, -0.15) is 0 Å². The number of hydrogen-bond donors (Lipinski definition) is 0. The fourth-order valence-electron chi connectivity index (χ4n) is 3.78. The van der Waals surface area contributed by atoms with Crippen molar-refractivity contribution in [2.45, 2.75) is 84.4 Å². The lowest BCUT2D eigenvalue weighted by Gasteiger charge is -2.34. The Morgan fingerprint density at radius 1 is 1.22 bits per heavy atom. The molecule has 2 aliphatic rings. The molecule has 0 bridgehead atoms. The summed E-state index contributed by atoms with van der Waals surface area (Å²) in [5, 5.41) is 0. The third-order valence-electron chi connectivity index (χ3n) is 5.16. The summed E-state index contributed by atoms with van der Waals surface area (Å²) in [5.74, 6) is 0.918. The molecule has 6 nitrogen and oxygen atoms in total. The molecule has 6 heteroatoms. The molecule has 1 fully saturated rings. The van der Waals surface area contributed by atoms with Gasteiger partial charge in [-0.3, -0.25) is 4.90 Å². The smallest absolute Gasteiger partial charge is 0.410 e. The summed E-state index contributed by atoms with van der Waals surface area (Å²) in [7, 11) is 0. The van der Waals surface area contributed by atoms with E-state index in [4.69, 9.17) is 9.72 Å². The molecule has 150 valence electrons. The molecule has 0 aromatic carbocycles. The van der Waals surface area contributed by atoms with Gasteiger partial charge in [0.15, 0.2) is 0 Å². The molecule has 1 amide bonds. The highest BCUT2D eigenvalue weighted by molar-refractivity contribution is 5.69. The summed E-state index contributed by atoms with van der Waals surface area (Å²) < 4.78 is 5.59. The summed E-state index contributed by atoms with van der Waals surface area (Å²) in [4.78, 5) is 26.3. The minimum Gasteiger partial charge on any atom is -0.444 e. The fourth-order valence-corrected chi connectivity index (χ4v) is 3.78.